The fourth-order valence-corrected chi connectivity index (χ4v) is 3.75. The molecule has 1 aromatic carbocycles. The predicted molar refractivity (Wildman–Crippen MR) is 91.8 cm³/mol. The molecule has 5 nitrogen and oxygen atoms in total. The van der Waals surface area contributed by atoms with Gasteiger partial charge >= 0.3 is 0 Å². The molecule has 1 amide bonds. The van der Waals surface area contributed by atoms with Crippen molar-refractivity contribution < 1.29 is 9.53 Å². The van der Waals surface area contributed by atoms with Gasteiger partial charge < -0.3 is 4.74 Å². The van der Waals surface area contributed by atoms with E-state index in [1.54, 1.807) is 6.20 Å². The molecule has 2 fully saturated rings. The summed E-state index contributed by atoms with van der Waals surface area (Å²) >= 11 is 0. The molecule has 4 rings (SSSR count). The minimum Gasteiger partial charge on any atom is -0.494 e. The molecule has 0 aliphatic carbocycles. The molecular weight excluding hydrogens is 302 g/mol. The van der Waals surface area contributed by atoms with E-state index in [-0.39, 0.29) is 18.1 Å². The lowest BCUT2D eigenvalue weighted by Gasteiger charge is -2.29. The van der Waals surface area contributed by atoms with Crippen LogP contribution in [0, 0.1) is 0 Å². The van der Waals surface area contributed by atoms with Gasteiger partial charge in [0, 0.05) is 12.7 Å². The van der Waals surface area contributed by atoms with Crippen LogP contribution in [0.2, 0.25) is 0 Å². The summed E-state index contributed by atoms with van der Waals surface area (Å²) in [5, 5.41) is 0. The molecule has 0 bridgehead atoms. The number of aromatic nitrogens is 1. The highest BCUT2D eigenvalue weighted by Gasteiger charge is 2.49. The second kappa shape index (κ2) is 6.24. The van der Waals surface area contributed by atoms with Gasteiger partial charge in [-0.15, -0.1) is 0 Å². The number of hydrogen-bond donors (Lipinski definition) is 0. The SMILES string of the molecule is CCOc1ccc(C2N(c3ccccn3)C(=O)C3CCCN32)cc1. The van der Waals surface area contributed by atoms with Crippen LogP contribution >= 0.6 is 0 Å². The summed E-state index contributed by atoms with van der Waals surface area (Å²) < 4.78 is 5.54. The fraction of sp³-hybridized carbons (Fsp3) is 0.368. The first-order chi connectivity index (χ1) is 11.8. The van der Waals surface area contributed by atoms with Gasteiger partial charge in [-0.05, 0) is 49.6 Å². The number of hydrogen-bond acceptors (Lipinski definition) is 4. The van der Waals surface area contributed by atoms with Crippen LogP contribution in [-0.4, -0.2) is 35.0 Å². The molecular formula is C19H21N3O2. The zero-order valence-electron chi connectivity index (χ0n) is 13.8. The van der Waals surface area contributed by atoms with Gasteiger partial charge in [0.15, 0.2) is 0 Å². The lowest BCUT2D eigenvalue weighted by atomic mass is 10.1. The molecule has 24 heavy (non-hydrogen) atoms. The molecule has 1 aromatic heterocycles. The monoisotopic (exact) mass is 323 g/mol. The Hall–Kier alpha value is -2.40. The van der Waals surface area contributed by atoms with Crippen molar-refractivity contribution in [3.8, 4) is 5.75 Å². The van der Waals surface area contributed by atoms with Gasteiger partial charge in [-0.2, -0.15) is 0 Å². The maximum atomic E-state index is 13.0. The fourth-order valence-electron chi connectivity index (χ4n) is 3.75. The molecule has 2 unspecified atom stereocenters. The first kappa shape index (κ1) is 15.1. The molecule has 2 aliphatic heterocycles. The lowest BCUT2D eigenvalue weighted by molar-refractivity contribution is -0.119. The van der Waals surface area contributed by atoms with Crippen LogP contribution in [-0.2, 0) is 4.79 Å². The zero-order valence-corrected chi connectivity index (χ0v) is 13.8. The Balaban J connectivity index is 1.73. The maximum absolute atomic E-state index is 13.0. The van der Waals surface area contributed by atoms with Gasteiger partial charge in [-0.3, -0.25) is 14.6 Å². The standard InChI is InChI=1S/C19H21N3O2/c1-2-24-15-10-8-14(9-11-15)18-21-13-5-6-16(21)19(23)22(18)17-7-3-4-12-20-17/h3-4,7-12,16,18H,2,5-6,13H2,1H3. The summed E-state index contributed by atoms with van der Waals surface area (Å²) in [5.41, 5.74) is 1.10. The third-order valence-corrected chi connectivity index (χ3v) is 4.76. The third-order valence-electron chi connectivity index (χ3n) is 4.76. The number of ether oxygens (including phenoxy) is 1. The van der Waals surface area contributed by atoms with E-state index in [1.807, 2.05) is 42.2 Å². The number of rotatable bonds is 4. The van der Waals surface area contributed by atoms with E-state index in [0.717, 1.165) is 36.5 Å². The first-order valence-corrected chi connectivity index (χ1v) is 8.52. The van der Waals surface area contributed by atoms with Crippen LogP contribution in [0.1, 0.15) is 31.5 Å². The summed E-state index contributed by atoms with van der Waals surface area (Å²) in [6, 6.07) is 13.7. The predicted octanol–water partition coefficient (Wildman–Crippen LogP) is 2.99. The minimum absolute atomic E-state index is 0.0245. The van der Waals surface area contributed by atoms with E-state index >= 15 is 0 Å². The van der Waals surface area contributed by atoms with Gasteiger partial charge in [-0.25, -0.2) is 4.98 Å². The average Bonchev–Trinajstić information content (AvgIpc) is 3.19. The van der Waals surface area contributed by atoms with Crippen molar-refractivity contribution >= 4 is 11.7 Å². The third kappa shape index (κ3) is 2.45. The van der Waals surface area contributed by atoms with Gasteiger partial charge in [0.05, 0.1) is 12.6 Å². The highest BCUT2D eigenvalue weighted by atomic mass is 16.5. The molecule has 2 aromatic rings. The van der Waals surface area contributed by atoms with E-state index in [0.29, 0.717) is 6.61 Å². The van der Waals surface area contributed by atoms with E-state index in [1.165, 1.54) is 0 Å². The molecule has 124 valence electrons. The number of nitrogens with zero attached hydrogens (tertiary/aromatic N) is 3. The van der Waals surface area contributed by atoms with E-state index < -0.39 is 0 Å². The highest BCUT2D eigenvalue weighted by Crippen LogP contribution is 2.41. The van der Waals surface area contributed by atoms with E-state index in [9.17, 15) is 4.79 Å². The van der Waals surface area contributed by atoms with Crippen molar-refractivity contribution in [2.24, 2.45) is 0 Å². The van der Waals surface area contributed by atoms with Crippen molar-refractivity contribution in [2.45, 2.75) is 32.0 Å². The van der Waals surface area contributed by atoms with Crippen LogP contribution in [0.3, 0.4) is 0 Å². The summed E-state index contributed by atoms with van der Waals surface area (Å²) in [6.07, 6.45) is 3.65. The molecule has 5 heteroatoms. The molecule has 2 saturated heterocycles. The molecule has 0 saturated carbocycles. The Kier molecular flexibility index (Phi) is 3.94. The second-order valence-electron chi connectivity index (χ2n) is 6.17. The van der Waals surface area contributed by atoms with Crippen molar-refractivity contribution in [3.05, 3.63) is 54.2 Å². The Morgan fingerprint density at radius 2 is 2.04 bits per heavy atom. The van der Waals surface area contributed by atoms with Gasteiger partial charge in [-0.1, -0.05) is 18.2 Å². The number of carbonyl (C=O) groups is 1. The minimum atomic E-state index is -0.0874. The molecule has 3 heterocycles. The number of fused-ring (bicyclic) bond motifs is 1. The zero-order chi connectivity index (χ0) is 16.5. The van der Waals surface area contributed by atoms with Gasteiger partial charge in [0.1, 0.15) is 17.7 Å². The largest absolute Gasteiger partial charge is 0.494 e. The Labute approximate surface area is 141 Å². The Morgan fingerprint density at radius 3 is 2.75 bits per heavy atom. The summed E-state index contributed by atoms with van der Waals surface area (Å²) in [4.78, 5) is 21.5. The van der Waals surface area contributed by atoms with Crippen LogP contribution in [0.15, 0.2) is 48.7 Å². The number of pyridine rings is 1. The number of carbonyl (C=O) groups excluding carboxylic acids is 1. The lowest BCUT2D eigenvalue weighted by Crippen LogP contribution is -2.32. The van der Waals surface area contributed by atoms with E-state index in [4.69, 9.17) is 4.74 Å². The van der Waals surface area contributed by atoms with Crippen molar-refractivity contribution in [1.82, 2.24) is 9.88 Å². The molecule has 0 N–H and O–H groups in total. The van der Waals surface area contributed by atoms with Crippen molar-refractivity contribution in [1.29, 1.82) is 0 Å². The molecule has 0 radical (unpaired) electrons. The second-order valence-corrected chi connectivity index (χ2v) is 6.17. The maximum Gasteiger partial charge on any atom is 0.247 e. The topological polar surface area (TPSA) is 45.7 Å². The van der Waals surface area contributed by atoms with Crippen molar-refractivity contribution in [3.63, 3.8) is 0 Å². The molecule has 2 atom stereocenters. The summed E-state index contributed by atoms with van der Waals surface area (Å²) in [5.74, 6) is 1.73. The normalized spacial score (nSPS) is 23.5. The highest BCUT2D eigenvalue weighted by molar-refractivity contribution is 5.99. The Morgan fingerprint density at radius 1 is 1.21 bits per heavy atom. The molecule has 2 aliphatic rings. The smallest absolute Gasteiger partial charge is 0.247 e. The van der Waals surface area contributed by atoms with Crippen LogP contribution in [0.4, 0.5) is 5.82 Å². The van der Waals surface area contributed by atoms with Crippen LogP contribution in [0.5, 0.6) is 5.75 Å². The van der Waals surface area contributed by atoms with Gasteiger partial charge in [0.2, 0.25) is 5.91 Å². The average molecular weight is 323 g/mol. The number of benzene rings is 1. The Bertz CT molecular complexity index is 717. The number of anilines is 1. The summed E-state index contributed by atoms with van der Waals surface area (Å²) in [6.45, 7) is 3.56. The van der Waals surface area contributed by atoms with Crippen LogP contribution < -0.4 is 9.64 Å². The van der Waals surface area contributed by atoms with E-state index in [2.05, 4.69) is 22.0 Å². The molecule has 0 spiro atoms. The van der Waals surface area contributed by atoms with Crippen LogP contribution in [0.25, 0.3) is 0 Å². The first-order valence-electron chi connectivity index (χ1n) is 8.52. The van der Waals surface area contributed by atoms with Gasteiger partial charge in [0.25, 0.3) is 0 Å². The summed E-state index contributed by atoms with van der Waals surface area (Å²) in [7, 11) is 0. The quantitative estimate of drug-likeness (QED) is 0.868. The van der Waals surface area contributed by atoms with Crippen molar-refractivity contribution in [2.75, 3.05) is 18.1 Å². The number of amides is 1.